The van der Waals surface area contributed by atoms with Crippen LogP contribution in [0.4, 0.5) is 11.4 Å². The molecule has 0 radical (unpaired) electrons. The zero-order valence-electron chi connectivity index (χ0n) is 14.0. The Morgan fingerprint density at radius 1 is 1.12 bits per heavy atom. The number of nitrogens with zero attached hydrogens (tertiary/aromatic N) is 1. The van der Waals surface area contributed by atoms with Crippen LogP contribution in [0.2, 0.25) is 15.1 Å². The molecular formula is C17H17Cl3N2O3S. The SMILES string of the molecule is CCC(C(=O)Nc1ccc(Cl)c(Cl)c1)N(c1cccc(Cl)c1)S(C)(=O)=O. The molecule has 1 N–H and O–H groups in total. The van der Waals surface area contributed by atoms with Gasteiger partial charge in [-0.1, -0.05) is 47.8 Å². The van der Waals surface area contributed by atoms with Crippen molar-refractivity contribution < 1.29 is 13.2 Å². The van der Waals surface area contributed by atoms with E-state index < -0.39 is 22.0 Å². The zero-order chi connectivity index (χ0) is 19.5. The van der Waals surface area contributed by atoms with Crippen LogP contribution in [0.3, 0.4) is 0 Å². The lowest BCUT2D eigenvalue weighted by Crippen LogP contribution is -2.47. The molecule has 0 aromatic heterocycles. The van der Waals surface area contributed by atoms with Crippen molar-refractivity contribution >= 4 is 62.1 Å². The number of carbonyl (C=O) groups excluding carboxylic acids is 1. The third-order valence-corrected chi connectivity index (χ3v) is 5.73. The molecular weight excluding hydrogens is 419 g/mol. The van der Waals surface area contributed by atoms with E-state index in [4.69, 9.17) is 34.8 Å². The maximum Gasteiger partial charge on any atom is 0.248 e. The summed E-state index contributed by atoms with van der Waals surface area (Å²) in [6, 6.07) is 10.0. The average molecular weight is 436 g/mol. The zero-order valence-corrected chi connectivity index (χ0v) is 17.1. The molecule has 0 bridgehead atoms. The van der Waals surface area contributed by atoms with Gasteiger partial charge in [0.1, 0.15) is 6.04 Å². The lowest BCUT2D eigenvalue weighted by molar-refractivity contribution is -0.117. The van der Waals surface area contributed by atoms with Gasteiger partial charge in [-0.05, 0) is 42.8 Å². The molecule has 0 aliphatic heterocycles. The Morgan fingerprint density at radius 3 is 2.35 bits per heavy atom. The first-order valence-corrected chi connectivity index (χ1v) is 10.6. The number of hydrogen-bond acceptors (Lipinski definition) is 3. The van der Waals surface area contributed by atoms with E-state index in [2.05, 4.69) is 5.32 Å². The summed E-state index contributed by atoms with van der Waals surface area (Å²) in [7, 11) is -3.73. The number of sulfonamides is 1. The largest absolute Gasteiger partial charge is 0.324 e. The average Bonchev–Trinajstić information content (AvgIpc) is 2.54. The number of anilines is 2. The Morgan fingerprint density at radius 2 is 1.81 bits per heavy atom. The normalized spacial score (nSPS) is 12.5. The Bertz CT molecular complexity index is 919. The summed E-state index contributed by atoms with van der Waals surface area (Å²) in [5.41, 5.74) is 0.735. The standard InChI is InChI=1S/C17H17Cl3N2O3S/c1-3-16(17(23)21-12-7-8-14(19)15(20)10-12)22(26(2,24)25)13-6-4-5-11(18)9-13/h4-10,16H,3H2,1-2H3,(H,21,23). The fourth-order valence-electron chi connectivity index (χ4n) is 2.47. The van der Waals surface area contributed by atoms with Crippen molar-refractivity contribution in [3.8, 4) is 0 Å². The van der Waals surface area contributed by atoms with Gasteiger partial charge >= 0.3 is 0 Å². The molecule has 5 nitrogen and oxygen atoms in total. The summed E-state index contributed by atoms with van der Waals surface area (Å²) >= 11 is 17.8. The molecule has 2 aromatic rings. The van der Waals surface area contributed by atoms with Gasteiger partial charge in [0.15, 0.2) is 0 Å². The summed E-state index contributed by atoms with van der Waals surface area (Å²) in [4.78, 5) is 12.8. The van der Waals surface area contributed by atoms with Crippen LogP contribution < -0.4 is 9.62 Å². The predicted molar refractivity (Wildman–Crippen MR) is 108 cm³/mol. The van der Waals surface area contributed by atoms with E-state index in [1.165, 1.54) is 12.1 Å². The molecule has 1 unspecified atom stereocenters. The van der Waals surface area contributed by atoms with Gasteiger partial charge in [-0.25, -0.2) is 8.42 Å². The molecule has 0 spiro atoms. The monoisotopic (exact) mass is 434 g/mol. The third-order valence-electron chi connectivity index (χ3n) is 3.58. The molecule has 0 heterocycles. The van der Waals surface area contributed by atoms with E-state index in [1.54, 1.807) is 37.3 Å². The van der Waals surface area contributed by atoms with E-state index in [9.17, 15) is 13.2 Å². The number of nitrogens with one attached hydrogen (secondary N) is 1. The van der Waals surface area contributed by atoms with Gasteiger partial charge in [0.05, 0.1) is 22.0 Å². The van der Waals surface area contributed by atoms with Gasteiger partial charge in [0.2, 0.25) is 15.9 Å². The van der Waals surface area contributed by atoms with Crippen molar-refractivity contribution in [1.82, 2.24) is 0 Å². The fraction of sp³-hybridized carbons (Fsp3) is 0.235. The topological polar surface area (TPSA) is 66.5 Å². The molecule has 0 saturated carbocycles. The molecule has 26 heavy (non-hydrogen) atoms. The third kappa shape index (κ3) is 5.04. The second kappa shape index (κ2) is 8.48. The Labute approximate surface area is 167 Å². The minimum atomic E-state index is -3.73. The number of amides is 1. The van der Waals surface area contributed by atoms with E-state index >= 15 is 0 Å². The number of hydrogen-bond donors (Lipinski definition) is 1. The van der Waals surface area contributed by atoms with Crippen LogP contribution in [0, 0.1) is 0 Å². The number of benzene rings is 2. The first kappa shape index (κ1) is 20.8. The Balaban J connectivity index is 2.38. The summed E-state index contributed by atoms with van der Waals surface area (Å²) in [5, 5.41) is 3.69. The minimum Gasteiger partial charge on any atom is -0.324 e. The van der Waals surface area contributed by atoms with E-state index in [0.29, 0.717) is 21.4 Å². The van der Waals surface area contributed by atoms with Crippen LogP contribution in [0.1, 0.15) is 13.3 Å². The van der Waals surface area contributed by atoms with E-state index in [0.717, 1.165) is 10.6 Å². The minimum absolute atomic E-state index is 0.257. The van der Waals surface area contributed by atoms with Crippen LogP contribution in [0.25, 0.3) is 0 Å². The molecule has 2 aromatic carbocycles. The highest BCUT2D eigenvalue weighted by Gasteiger charge is 2.31. The maximum absolute atomic E-state index is 12.8. The highest BCUT2D eigenvalue weighted by Crippen LogP contribution is 2.28. The second-order valence-corrected chi connectivity index (χ2v) is 8.69. The quantitative estimate of drug-likeness (QED) is 0.706. The highest BCUT2D eigenvalue weighted by molar-refractivity contribution is 7.92. The molecule has 1 amide bonds. The highest BCUT2D eigenvalue weighted by atomic mass is 35.5. The van der Waals surface area contributed by atoms with Crippen molar-refractivity contribution in [3.05, 3.63) is 57.5 Å². The van der Waals surface area contributed by atoms with Crippen molar-refractivity contribution in [3.63, 3.8) is 0 Å². The summed E-state index contributed by atoms with van der Waals surface area (Å²) < 4.78 is 25.8. The van der Waals surface area contributed by atoms with Crippen LogP contribution in [0.15, 0.2) is 42.5 Å². The molecule has 9 heteroatoms. The Kier molecular flexibility index (Phi) is 6.80. The summed E-state index contributed by atoms with van der Waals surface area (Å²) in [6.45, 7) is 1.72. The van der Waals surface area contributed by atoms with Gasteiger partial charge in [0, 0.05) is 10.7 Å². The van der Waals surface area contributed by atoms with Crippen molar-refractivity contribution in [1.29, 1.82) is 0 Å². The predicted octanol–water partition coefficient (Wildman–Crippen LogP) is 4.83. The molecule has 0 aliphatic rings. The van der Waals surface area contributed by atoms with E-state index in [1.807, 2.05) is 0 Å². The summed E-state index contributed by atoms with van der Waals surface area (Å²) in [5.74, 6) is -0.490. The maximum atomic E-state index is 12.8. The fourth-order valence-corrected chi connectivity index (χ4v) is 4.16. The first-order chi connectivity index (χ1) is 12.1. The molecule has 0 aliphatic carbocycles. The lowest BCUT2D eigenvalue weighted by Gasteiger charge is -2.30. The molecule has 0 fully saturated rings. The molecule has 0 saturated heterocycles. The second-order valence-electron chi connectivity index (χ2n) is 5.58. The van der Waals surface area contributed by atoms with Crippen LogP contribution in [0.5, 0.6) is 0 Å². The van der Waals surface area contributed by atoms with Gasteiger partial charge in [-0.2, -0.15) is 0 Å². The van der Waals surface area contributed by atoms with Gasteiger partial charge < -0.3 is 5.32 Å². The van der Waals surface area contributed by atoms with Crippen LogP contribution in [-0.2, 0) is 14.8 Å². The first-order valence-electron chi connectivity index (χ1n) is 7.64. The van der Waals surface area contributed by atoms with Crippen molar-refractivity contribution in [2.75, 3.05) is 15.9 Å². The number of rotatable bonds is 6. The van der Waals surface area contributed by atoms with Gasteiger partial charge in [0.25, 0.3) is 0 Å². The smallest absolute Gasteiger partial charge is 0.248 e. The number of carbonyl (C=O) groups is 1. The van der Waals surface area contributed by atoms with Crippen LogP contribution >= 0.6 is 34.8 Å². The van der Waals surface area contributed by atoms with Crippen molar-refractivity contribution in [2.45, 2.75) is 19.4 Å². The number of halogens is 3. The van der Waals surface area contributed by atoms with Crippen molar-refractivity contribution in [2.24, 2.45) is 0 Å². The van der Waals surface area contributed by atoms with Crippen LogP contribution in [-0.4, -0.2) is 26.6 Å². The van der Waals surface area contributed by atoms with E-state index in [-0.39, 0.29) is 11.4 Å². The van der Waals surface area contributed by atoms with Gasteiger partial charge in [-0.3, -0.25) is 9.10 Å². The lowest BCUT2D eigenvalue weighted by atomic mass is 10.2. The summed E-state index contributed by atoms with van der Waals surface area (Å²) in [6.07, 6.45) is 1.30. The molecule has 2 rings (SSSR count). The molecule has 1 atom stereocenters. The molecule has 140 valence electrons. The Hall–Kier alpha value is -1.47. The van der Waals surface area contributed by atoms with Gasteiger partial charge in [-0.15, -0.1) is 0 Å².